The normalized spacial score (nSPS) is 40.7. The van der Waals surface area contributed by atoms with E-state index in [2.05, 4.69) is 0 Å². The van der Waals surface area contributed by atoms with E-state index in [1.807, 2.05) is 0 Å². The molecule has 0 aliphatic heterocycles. The zero-order valence-electron chi connectivity index (χ0n) is 6.64. The monoisotopic (exact) mass is 195 g/mol. The fraction of sp³-hybridized carbons (Fsp3) is 0.714. The van der Waals surface area contributed by atoms with E-state index in [1.54, 1.807) is 0 Å². The fourth-order valence-electron chi connectivity index (χ4n) is 1.23. The molecule has 0 unspecified atom stereocenters. The Labute approximate surface area is 73.3 Å². The van der Waals surface area contributed by atoms with Crippen LogP contribution in [0.2, 0.25) is 0 Å². The quantitative estimate of drug-likeness (QED) is 0.388. The number of halogens is 2. The average molecular weight is 195 g/mol. The van der Waals surface area contributed by atoms with Crippen molar-refractivity contribution in [1.82, 2.24) is 0 Å². The zero-order chi connectivity index (χ0) is 10.2. The number of nitrogens with two attached hydrogens (primary N) is 1. The predicted molar refractivity (Wildman–Crippen MR) is 40.1 cm³/mol. The van der Waals surface area contributed by atoms with Crippen LogP contribution in [0, 0.1) is 0 Å². The summed E-state index contributed by atoms with van der Waals surface area (Å²) in [5.74, 6) is 0. The lowest BCUT2D eigenvalue weighted by Gasteiger charge is -2.32. The van der Waals surface area contributed by atoms with Gasteiger partial charge in [0.1, 0.15) is 18.3 Å². The molecule has 0 spiro atoms. The van der Waals surface area contributed by atoms with Crippen molar-refractivity contribution in [3.63, 3.8) is 0 Å². The first-order valence-electron chi connectivity index (χ1n) is 3.74. The maximum absolute atomic E-state index is 12.2. The number of hydrogen-bond acceptors (Lipinski definition) is 4. The lowest BCUT2D eigenvalue weighted by atomic mass is 9.89. The van der Waals surface area contributed by atoms with E-state index >= 15 is 0 Å². The summed E-state index contributed by atoms with van der Waals surface area (Å²) in [6.45, 7) is 0. The molecule has 13 heavy (non-hydrogen) atoms. The third kappa shape index (κ3) is 1.86. The molecule has 6 heteroatoms. The van der Waals surface area contributed by atoms with E-state index in [1.165, 1.54) is 0 Å². The molecule has 1 aliphatic carbocycles. The standard InChI is InChI=1S/C7H11F2NO3/c8-7(9)2-1-3(10)5(12)6(13)4(2)11/h1,3-7,11-13H,10H2/t3-,4-,5-,6-/m0/s1. The number of aliphatic hydroxyl groups excluding tert-OH is 3. The van der Waals surface area contributed by atoms with Gasteiger partial charge in [0.05, 0.1) is 6.04 Å². The van der Waals surface area contributed by atoms with Gasteiger partial charge in [-0.1, -0.05) is 6.08 Å². The van der Waals surface area contributed by atoms with E-state index in [9.17, 15) is 8.78 Å². The molecule has 0 bridgehead atoms. The van der Waals surface area contributed by atoms with Gasteiger partial charge in [-0.2, -0.15) is 0 Å². The van der Waals surface area contributed by atoms with Crippen molar-refractivity contribution in [1.29, 1.82) is 0 Å². The van der Waals surface area contributed by atoms with Gasteiger partial charge in [0.15, 0.2) is 0 Å². The van der Waals surface area contributed by atoms with Crippen LogP contribution < -0.4 is 5.73 Å². The first kappa shape index (κ1) is 10.5. The molecule has 0 saturated carbocycles. The summed E-state index contributed by atoms with van der Waals surface area (Å²) in [5.41, 5.74) is 4.59. The van der Waals surface area contributed by atoms with Gasteiger partial charge in [-0.05, 0) is 0 Å². The van der Waals surface area contributed by atoms with Crippen molar-refractivity contribution < 1.29 is 24.1 Å². The molecular weight excluding hydrogens is 184 g/mol. The summed E-state index contributed by atoms with van der Waals surface area (Å²) < 4.78 is 24.3. The summed E-state index contributed by atoms with van der Waals surface area (Å²) in [7, 11) is 0. The molecule has 4 atom stereocenters. The van der Waals surface area contributed by atoms with Crippen LogP contribution in [-0.2, 0) is 0 Å². The van der Waals surface area contributed by atoms with Gasteiger partial charge in [0, 0.05) is 5.57 Å². The van der Waals surface area contributed by atoms with Gasteiger partial charge in [0.25, 0.3) is 6.43 Å². The van der Waals surface area contributed by atoms with Crippen LogP contribution in [0.1, 0.15) is 0 Å². The first-order valence-corrected chi connectivity index (χ1v) is 3.74. The van der Waals surface area contributed by atoms with Crippen LogP contribution in [0.3, 0.4) is 0 Å². The van der Waals surface area contributed by atoms with Gasteiger partial charge in [-0.15, -0.1) is 0 Å². The molecule has 0 saturated heterocycles. The maximum Gasteiger partial charge on any atom is 0.262 e. The molecule has 0 aromatic rings. The highest BCUT2D eigenvalue weighted by Crippen LogP contribution is 2.23. The smallest absolute Gasteiger partial charge is 0.262 e. The minimum atomic E-state index is -2.87. The third-order valence-electron chi connectivity index (χ3n) is 2.05. The van der Waals surface area contributed by atoms with Gasteiger partial charge < -0.3 is 21.1 Å². The van der Waals surface area contributed by atoms with Crippen LogP contribution in [-0.4, -0.2) is 46.1 Å². The Morgan fingerprint density at radius 2 is 1.77 bits per heavy atom. The Bertz CT molecular complexity index is 222. The van der Waals surface area contributed by atoms with Gasteiger partial charge in [-0.3, -0.25) is 0 Å². The van der Waals surface area contributed by atoms with Crippen molar-refractivity contribution in [3.05, 3.63) is 11.6 Å². The van der Waals surface area contributed by atoms with Gasteiger partial charge in [0.2, 0.25) is 0 Å². The highest BCUT2D eigenvalue weighted by Gasteiger charge is 2.38. The average Bonchev–Trinajstić information content (AvgIpc) is 2.07. The topological polar surface area (TPSA) is 86.7 Å². The Morgan fingerprint density at radius 1 is 1.23 bits per heavy atom. The molecule has 4 nitrogen and oxygen atoms in total. The molecule has 0 amide bonds. The Hall–Kier alpha value is -0.560. The van der Waals surface area contributed by atoms with Gasteiger partial charge >= 0.3 is 0 Å². The number of alkyl halides is 2. The highest BCUT2D eigenvalue weighted by molar-refractivity contribution is 5.22. The minimum Gasteiger partial charge on any atom is -0.388 e. The summed E-state index contributed by atoms with van der Waals surface area (Å²) in [6.07, 6.45) is -6.79. The van der Waals surface area contributed by atoms with E-state index in [0.717, 1.165) is 6.08 Å². The molecule has 0 radical (unpaired) electrons. The number of hydrogen-bond donors (Lipinski definition) is 4. The van der Waals surface area contributed by atoms with Crippen molar-refractivity contribution in [2.45, 2.75) is 30.8 Å². The van der Waals surface area contributed by atoms with Gasteiger partial charge in [-0.25, -0.2) is 8.78 Å². The van der Waals surface area contributed by atoms with E-state index in [-0.39, 0.29) is 0 Å². The molecule has 76 valence electrons. The number of aliphatic hydroxyl groups is 3. The van der Waals surface area contributed by atoms with Crippen LogP contribution in [0.15, 0.2) is 11.6 Å². The number of rotatable bonds is 1. The van der Waals surface area contributed by atoms with Crippen LogP contribution in [0.5, 0.6) is 0 Å². The van der Waals surface area contributed by atoms with Crippen molar-refractivity contribution in [2.75, 3.05) is 0 Å². The van der Waals surface area contributed by atoms with Crippen LogP contribution >= 0.6 is 0 Å². The maximum atomic E-state index is 12.2. The molecule has 0 aromatic heterocycles. The second-order valence-electron chi connectivity index (χ2n) is 2.97. The molecule has 1 aliphatic rings. The van der Waals surface area contributed by atoms with E-state index < -0.39 is 36.4 Å². The largest absolute Gasteiger partial charge is 0.388 e. The predicted octanol–water partition coefficient (Wildman–Crippen LogP) is -1.40. The first-order chi connectivity index (χ1) is 5.95. The fourth-order valence-corrected chi connectivity index (χ4v) is 1.23. The molecule has 1 rings (SSSR count). The summed E-state index contributed by atoms with van der Waals surface area (Å²) in [4.78, 5) is 0. The molecule has 0 aromatic carbocycles. The van der Waals surface area contributed by atoms with Crippen molar-refractivity contribution in [3.8, 4) is 0 Å². The van der Waals surface area contributed by atoms with Crippen molar-refractivity contribution in [2.24, 2.45) is 5.73 Å². The van der Waals surface area contributed by atoms with E-state index in [4.69, 9.17) is 21.1 Å². The van der Waals surface area contributed by atoms with E-state index in [0.29, 0.717) is 0 Å². The second kappa shape index (κ2) is 3.67. The Kier molecular flexibility index (Phi) is 2.97. The lowest BCUT2D eigenvalue weighted by Crippen LogP contribution is -2.52. The highest BCUT2D eigenvalue weighted by atomic mass is 19.3. The van der Waals surface area contributed by atoms with Crippen LogP contribution in [0.25, 0.3) is 0 Å². The SMILES string of the molecule is N[C@H]1C=C(C(F)F)[C@H](O)[C@H](O)[C@H]1O. The molecule has 5 N–H and O–H groups in total. The second-order valence-corrected chi connectivity index (χ2v) is 2.97. The summed E-state index contributed by atoms with van der Waals surface area (Å²) >= 11 is 0. The molecule has 0 fully saturated rings. The zero-order valence-corrected chi connectivity index (χ0v) is 6.64. The Morgan fingerprint density at radius 3 is 2.23 bits per heavy atom. The lowest BCUT2D eigenvalue weighted by molar-refractivity contribution is -0.0656. The summed E-state index contributed by atoms with van der Waals surface area (Å²) in [6, 6.07) is -1.07. The minimum absolute atomic E-state index is 0.634. The third-order valence-corrected chi connectivity index (χ3v) is 2.05. The summed E-state index contributed by atoms with van der Waals surface area (Å²) in [5, 5.41) is 27.3. The van der Waals surface area contributed by atoms with Crippen molar-refractivity contribution >= 4 is 0 Å². The molecular formula is C7H11F2NO3. The Balaban J connectivity index is 2.91. The molecule has 0 heterocycles. The van der Waals surface area contributed by atoms with Crippen LogP contribution in [0.4, 0.5) is 8.78 Å².